The van der Waals surface area contributed by atoms with Crippen LogP contribution in [0.1, 0.15) is 0 Å². The minimum Gasteiger partial charge on any atom is -0.351 e. The van der Waals surface area contributed by atoms with Gasteiger partial charge in [0.2, 0.25) is 0 Å². The number of hydrogen-bond acceptors (Lipinski definition) is 4. The lowest BCUT2D eigenvalue weighted by atomic mass is 10.2. The lowest BCUT2D eigenvalue weighted by molar-refractivity contribution is 0.251. The number of amides is 1. The second-order valence-electron chi connectivity index (χ2n) is 3.47. The van der Waals surface area contributed by atoms with Crippen LogP contribution in [0, 0.1) is 0 Å². The number of aromatic nitrogens is 5. The van der Waals surface area contributed by atoms with E-state index in [4.69, 9.17) is 5.73 Å². The van der Waals surface area contributed by atoms with Crippen LogP contribution in [0.2, 0.25) is 0 Å². The molecule has 3 aromatic heterocycles. The highest BCUT2D eigenvalue weighted by molar-refractivity contribution is 5.95. The highest BCUT2D eigenvalue weighted by Crippen LogP contribution is 2.24. The van der Waals surface area contributed by atoms with Crippen molar-refractivity contribution in [1.82, 2.24) is 24.7 Å². The molecular weight excluding hydrogens is 220 g/mol. The Morgan fingerprint density at radius 1 is 1.41 bits per heavy atom. The van der Waals surface area contributed by atoms with Crippen LogP contribution in [-0.2, 0) is 0 Å². The van der Waals surface area contributed by atoms with E-state index in [2.05, 4.69) is 20.2 Å². The molecule has 1 amide bonds. The van der Waals surface area contributed by atoms with Crippen molar-refractivity contribution in [3.05, 3.63) is 31.0 Å². The van der Waals surface area contributed by atoms with Gasteiger partial charge in [-0.3, -0.25) is 9.67 Å². The van der Waals surface area contributed by atoms with E-state index in [0.29, 0.717) is 11.3 Å². The Kier molecular flexibility index (Phi) is 1.91. The number of H-pyrrole nitrogens is 1. The van der Waals surface area contributed by atoms with Crippen molar-refractivity contribution in [1.29, 1.82) is 0 Å². The van der Waals surface area contributed by atoms with Crippen molar-refractivity contribution in [3.8, 4) is 11.3 Å². The van der Waals surface area contributed by atoms with E-state index in [1.165, 1.54) is 10.9 Å². The van der Waals surface area contributed by atoms with E-state index in [-0.39, 0.29) is 0 Å². The van der Waals surface area contributed by atoms with Gasteiger partial charge < -0.3 is 5.73 Å². The Morgan fingerprint density at radius 3 is 3.00 bits per heavy atom. The summed E-state index contributed by atoms with van der Waals surface area (Å²) >= 11 is 0. The molecule has 0 aliphatic carbocycles. The number of primary amides is 1. The average Bonchev–Trinajstić information content (AvgIpc) is 2.97. The van der Waals surface area contributed by atoms with Gasteiger partial charge in [-0.2, -0.15) is 5.10 Å². The Labute approximate surface area is 95.3 Å². The Balaban J connectivity index is 2.32. The molecule has 7 nitrogen and oxygen atoms in total. The smallest absolute Gasteiger partial charge is 0.324 e. The third kappa shape index (κ3) is 1.36. The number of nitrogens with zero attached hydrogens (tertiary/aromatic N) is 4. The van der Waals surface area contributed by atoms with Gasteiger partial charge in [-0.1, -0.05) is 0 Å². The van der Waals surface area contributed by atoms with Gasteiger partial charge in [0, 0.05) is 23.3 Å². The number of nitrogens with two attached hydrogens (primary N) is 1. The molecule has 0 aliphatic heterocycles. The Bertz CT molecular complexity index is 684. The molecule has 0 fully saturated rings. The number of fused-ring (bicyclic) bond motifs is 1. The highest BCUT2D eigenvalue weighted by atomic mass is 16.2. The molecule has 17 heavy (non-hydrogen) atoms. The Hall–Kier alpha value is -2.70. The standard InChI is InChI=1S/C10H8N6O/c11-10(17)16-2-1-7-8(6-3-14-15-4-6)12-5-13-9(7)16/h1-5H,(H2,11,17)(H,14,15). The van der Waals surface area contributed by atoms with Crippen molar-refractivity contribution in [2.75, 3.05) is 0 Å². The molecule has 0 saturated carbocycles. The molecule has 3 aromatic rings. The molecule has 0 saturated heterocycles. The van der Waals surface area contributed by atoms with Gasteiger partial charge in [0.15, 0.2) is 5.65 Å². The van der Waals surface area contributed by atoms with Crippen LogP contribution in [0.25, 0.3) is 22.3 Å². The van der Waals surface area contributed by atoms with E-state index in [1.807, 2.05) is 0 Å². The van der Waals surface area contributed by atoms with Crippen molar-refractivity contribution >= 4 is 17.1 Å². The number of nitrogens with one attached hydrogen (secondary N) is 1. The quantitative estimate of drug-likeness (QED) is 0.641. The maximum absolute atomic E-state index is 11.2. The third-order valence-electron chi connectivity index (χ3n) is 2.49. The number of carbonyl (C=O) groups excluding carboxylic acids is 1. The van der Waals surface area contributed by atoms with Crippen LogP contribution in [-0.4, -0.2) is 30.8 Å². The maximum Gasteiger partial charge on any atom is 0.324 e. The molecule has 0 bridgehead atoms. The zero-order chi connectivity index (χ0) is 11.8. The minimum atomic E-state index is -0.572. The fourth-order valence-corrected chi connectivity index (χ4v) is 1.74. The monoisotopic (exact) mass is 228 g/mol. The predicted molar refractivity (Wildman–Crippen MR) is 60.1 cm³/mol. The summed E-state index contributed by atoms with van der Waals surface area (Å²) in [4.78, 5) is 19.4. The third-order valence-corrected chi connectivity index (χ3v) is 2.49. The van der Waals surface area contributed by atoms with Crippen molar-refractivity contribution in [2.24, 2.45) is 5.73 Å². The van der Waals surface area contributed by atoms with Gasteiger partial charge in [0.1, 0.15) is 6.33 Å². The highest BCUT2D eigenvalue weighted by Gasteiger charge is 2.12. The summed E-state index contributed by atoms with van der Waals surface area (Å²) in [6.45, 7) is 0. The van der Waals surface area contributed by atoms with Crippen LogP contribution in [0.15, 0.2) is 31.0 Å². The topological polar surface area (TPSA) is 102 Å². The van der Waals surface area contributed by atoms with Crippen LogP contribution < -0.4 is 5.73 Å². The molecule has 7 heteroatoms. The zero-order valence-corrected chi connectivity index (χ0v) is 8.66. The van der Waals surface area contributed by atoms with Crippen molar-refractivity contribution < 1.29 is 4.79 Å². The van der Waals surface area contributed by atoms with Gasteiger partial charge in [-0.05, 0) is 6.07 Å². The number of carbonyl (C=O) groups is 1. The molecular formula is C10H8N6O. The molecule has 84 valence electrons. The van der Waals surface area contributed by atoms with E-state index in [9.17, 15) is 4.79 Å². The summed E-state index contributed by atoms with van der Waals surface area (Å²) in [6, 6.07) is 1.18. The summed E-state index contributed by atoms with van der Waals surface area (Å²) in [5.74, 6) is 0. The lowest BCUT2D eigenvalue weighted by Gasteiger charge is -2.00. The molecule has 0 spiro atoms. The molecule has 3 N–H and O–H groups in total. The number of hydrogen-bond donors (Lipinski definition) is 2. The van der Waals surface area contributed by atoms with Crippen LogP contribution in [0.5, 0.6) is 0 Å². The fraction of sp³-hybridized carbons (Fsp3) is 0. The summed E-state index contributed by atoms with van der Waals surface area (Å²) in [7, 11) is 0. The van der Waals surface area contributed by atoms with Gasteiger partial charge in [0.25, 0.3) is 0 Å². The Morgan fingerprint density at radius 2 is 2.29 bits per heavy atom. The first-order chi connectivity index (χ1) is 8.27. The molecule has 0 atom stereocenters. The lowest BCUT2D eigenvalue weighted by Crippen LogP contribution is -2.18. The predicted octanol–water partition coefficient (Wildman–Crippen LogP) is 0.748. The molecule has 0 aromatic carbocycles. The molecule has 0 aliphatic rings. The maximum atomic E-state index is 11.2. The first-order valence-electron chi connectivity index (χ1n) is 4.88. The zero-order valence-electron chi connectivity index (χ0n) is 8.66. The first kappa shape index (κ1) is 9.52. The van der Waals surface area contributed by atoms with Crippen molar-refractivity contribution in [3.63, 3.8) is 0 Å². The summed E-state index contributed by atoms with van der Waals surface area (Å²) in [6.07, 6.45) is 6.35. The van der Waals surface area contributed by atoms with Gasteiger partial charge in [0.05, 0.1) is 11.9 Å². The van der Waals surface area contributed by atoms with E-state index in [1.54, 1.807) is 24.7 Å². The summed E-state index contributed by atoms with van der Waals surface area (Å²) in [5, 5.41) is 7.33. The SMILES string of the molecule is NC(=O)n1ccc2c(-c3cn[nH]c3)ncnc21. The fourth-order valence-electron chi connectivity index (χ4n) is 1.74. The molecule has 3 rings (SSSR count). The van der Waals surface area contributed by atoms with Crippen molar-refractivity contribution in [2.45, 2.75) is 0 Å². The van der Waals surface area contributed by atoms with Crippen LogP contribution in [0.3, 0.4) is 0 Å². The second-order valence-corrected chi connectivity index (χ2v) is 3.47. The summed E-state index contributed by atoms with van der Waals surface area (Å²) < 4.78 is 1.28. The molecule has 3 heterocycles. The first-order valence-corrected chi connectivity index (χ1v) is 4.88. The number of rotatable bonds is 1. The van der Waals surface area contributed by atoms with E-state index >= 15 is 0 Å². The van der Waals surface area contributed by atoms with E-state index in [0.717, 1.165) is 10.9 Å². The van der Waals surface area contributed by atoms with Crippen LogP contribution in [0.4, 0.5) is 4.79 Å². The van der Waals surface area contributed by atoms with Gasteiger partial charge >= 0.3 is 6.03 Å². The average molecular weight is 228 g/mol. The minimum absolute atomic E-state index is 0.490. The number of aromatic amines is 1. The normalized spacial score (nSPS) is 10.8. The summed E-state index contributed by atoms with van der Waals surface area (Å²) in [5.41, 5.74) is 7.27. The van der Waals surface area contributed by atoms with Gasteiger partial charge in [-0.25, -0.2) is 14.8 Å². The van der Waals surface area contributed by atoms with Crippen LogP contribution >= 0.6 is 0 Å². The largest absolute Gasteiger partial charge is 0.351 e. The second kappa shape index (κ2) is 3.41. The molecule has 0 unspecified atom stereocenters. The van der Waals surface area contributed by atoms with E-state index < -0.39 is 6.03 Å². The van der Waals surface area contributed by atoms with Gasteiger partial charge in [-0.15, -0.1) is 0 Å². The molecule has 0 radical (unpaired) electrons.